The van der Waals surface area contributed by atoms with E-state index in [1.165, 1.54) is 16.3 Å². The zero-order valence-corrected chi connectivity index (χ0v) is 21.9. The molecular weight excluding hydrogens is 546 g/mol. The first kappa shape index (κ1) is 24.8. The second kappa shape index (κ2) is 9.85. The summed E-state index contributed by atoms with van der Waals surface area (Å²) in [5.41, 5.74) is 3.54. The average Bonchev–Trinajstić information content (AvgIpc) is 3.52. The third-order valence-electron chi connectivity index (χ3n) is 5.88. The van der Waals surface area contributed by atoms with Crippen molar-refractivity contribution in [1.29, 1.82) is 0 Å². The SMILES string of the molecule is Cc1ccc(Cn2cc(Br)c(NC(=O)Cn3nc(C)c4c(C(F)F)cc(-c5cnn(C)c5)nc43)n2)cc1. The van der Waals surface area contributed by atoms with Crippen LogP contribution in [0.4, 0.5) is 14.6 Å². The Morgan fingerprint density at radius 3 is 2.57 bits per heavy atom. The first-order valence-electron chi connectivity index (χ1n) is 11.4. The number of hydrogen-bond donors (Lipinski definition) is 1. The van der Waals surface area contributed by atoms with Crippen LogP contribution in [-0.2, 0) is 24.9 Å². The Morgan fingerprint density at radius 2 is 1.89 bits per heavy atom. The van der Waals surface area contributed by atoms with Crippen molar-refractivity contribution in [3.63, 3.8) is 0 Å². The van der Waals surface area contributed by atoms with Gasteiger partial charge in [0.05, 0.1) is 34.0 Å². The molecule has 0 saturated heterocycles. The van der Waals surface area contributed by atoms with Gasteiger partial charge in [0.25, 0.3) is 6.43 Å². The van der Waals surface area contributed by atoms with Crippen LogP contribution in [0.2, 0.25) is 0 Å². The molecule has 0 radical (unpaired) electrons. The minimum Gasteiger partial charge on any atom is -0.307 e. The number of anilines is 1. The van der Waals surface area contributed by atoms with E-state index in [0.717, 1.165) is 5.56 Å². The van der Waals surface area contributed by atoms with Crippen LogP contribution < -0.4 is 5.32 Å². The van der Waals surface area contributed by atoms with Crippen LogP contribution in [0.15, 0.2) is 53.4 Å². The Bertz CT molecular complexity index is 1600. The van der Waals surface area contributed by atoms with Gasteiger partial charge in [0.2, 0.25) is 5.91 Å². The molecule has 5 rings (SSSR count). The number of fused-ring (bicyclic) bond motifs is 1. The Morgan fingerprint density at radius 1 is 1.14 bits per heavy atom. The number of alkyl halides is 2. The van der Waals surface area contributed by atoms with Gasteiger partial charge in [-0.05, 0) is 41.4 Å². The number of nitrogens with zero attached hydrogens (tertiary/aromatic N) is 7. The fourth-order valence-corrected chi connectivity index (χ4v) is 4.54. The summed E-state index contributed by atoms with van der Waals surface area (Å²) < 4.78 is 33.2. The van der Waals surface area contributed by atoms with Crippen molar-refractivity contribution in [3.8, 4) is 11.3 Å². The van der Waals surface area contributed by atoms with Gasteiger partial charge in [-0.25, -0.2) is 18.4 Å². The van der Waals surface area contributed by atoms with Gasteiger partial charge in [-0.3, -0.25) is 14.2 Å². The van der Waals surface area contributed by atoms with Crippen LogP contribution in [0, 0.1) is 13.8 Å². The van der Waals surface area contributed by atoms with Gasteiger partial charge < -0.3 is 5.32 Å². The Kier molecular flexibility index (Phi) is 6.59. The summed E-state index contributed by atoms with van der Waals surface area (Å²) >= 11 is 3.44. The summed E-state index contributed by atoms with van der Waals surface area (Å²) in [6.07, 6.45) is 2.28. The molecule has 4 aromatic heterocycles. The number of nitrogens with one attached hydrogen (secondary N) is 1. The van der Waals surface area contributed by atoms with Gasteiger partial charge in [-0.1, -0.05) is 29.8 Å². The molecule has 0 unspecified atom stereocenters. The summed E-state index contributed by atoms with van der Waals surface area (Å²) in [6.45, 7) is 3.95. The zero-order chi connectivity index (χ0) is 26.3. The standard InChI is InChI=1S/C25H23BrF2N8O/c1-14-4-6-16(7-5-14)10-35-12-19(26)24(33-35)31-21(37)13-36-25-22(15(2)32-36)18(23(27)28)8-20(30-25)17-9-29-34(3)11-17/h4-9,11-12,23H,10,13H2,1-3H3,(H,31,33,37). The molecule has 0 aliphatic heterocycles. The number of hydrogen-bond acceptors (Lipinski definition) is 5. The molecule has 0 fully saturated rings. The lowest BCUT2D eigenvalue weighted by Crippen LogP contribution is -2.20. The maximum atomic E-state index is 14.0. The molecule has 190 valence electrons. The van der Waals surface area contributed by atoms with Crippen LogP contribution in [-0.4, -0.2) is 40.2 Å². The molecule has 0 aliphatic carbocycles. The molecule has 1 amide bonds. The van der Waals surface area contributed by atoms with Gasteiger partial charge in [0, 0.05) is 30.6 Å². The number of halogens is 3. The van der Waals surface area contributed by atoms with E-state index in [-0.39, 0.29) is 23.1 Å². The number of rotatable bonds is 7. The largest absolute Gasteiger partial charge is 0.307 e. The van der Waals surface area contributed by atoms with Crippen molar-refractivity contribution < 1.29 is 13.6 Å². The predicted octanol–water partition coefficient (Wildman–Crippen LogP) is 5.03. The molecule has 12 heteroatoms. The van der Waals surface area contributed by atoms with Crippen molar-refractivity contribution >= 4 is 38.7 Å². The van der Waals surface area contributed by atoms with Crippen LogP contribution >= 0.6 is 15.9 Å². The highest BCUT2D eigenvalue weighted by Gasteiger charge is 2.23. The number of amides is 1. The minimum absolute atomic E-state index is 0.189. The molecule has 9 nitrogen and oxygen atoms in total. The highest BCUT2D eigenvalue weighted by atomic mass is 79.9. The summed E-state index contributed by atoms with van der Waals surface area (Å²) in [7, 11) is 1.73. The molecule has 0 saturated carbocycles. The average molecular weight is 569 g/mol. The van der Waals surface area contributed by atoms with Gasteiger partial charge in [0.1, 0.15) is 6.54 Å². The Hall–Kier alpha value is -3.93. The topological polar surface area (TPSA) is 95.5 Å². The molecule has 0 aliphatic rings. The quantitative estimate of drug-likeness (QED) is 0.297. The molecule has 0 spiro atoms. The van der Waals surface area contributed by atoms with E-state index in [9.17, 15) is 13.6 Å². The zero-order valence-electron chi connectivity index (χ0n) is 20.3. The van der Waals surface area contributed by atoms with Crippen molar-refractivity contribution in [2.24, 2.45) is 7.05 Å². The highest BCUT2D eigenvalue weighted by Crippen LogP contribution is 2.33. The minimum atomic E-state index is -2.74. The maximum absolute atomic E-state index is 14.0. The number of carbonyl (C=O) groups is 1. The highest BCUT2D eigenvalue weighted by molar-refractivity contribution is 9.10. The molecule has 1 N–H and O–H groups in total. The first-order valence-corrected chi connectivity index (χ1v) is 12.2. The van der Waals surface area contributed by atoms with E-state index in [4.69, 9.17) is 0 Å². The number of benzene rings is 1. The van der Waals surface area contributed by atoms with Crippen molar-refractivity contribution in [2.45, 2.75) is 33.4 Å². The molecule has 5 aromatic rings. The Labute approximate surface area is 219 Å². The maximum Gasteiger partial charge on any atom is 0.264 e. The predicted molar refractivity (Wildman–Crippen MR) is 138 cm³/mol. The summed E-state index contributed by atoms with van der Waals surface area (Å²) in [5.74, 6) is -0.0690. The summed E-state index contributed by atoms with van der Waals surface area (Å²) in [6, 6.07) is 9.45. The van der Waals surface area contributed by atoms with Gasteiger partial charge in [-0.15, -0.1) is 0 Å². The van der Waals surface area contributed by atoms with E-state index < -0.39 is 12.3 Å². The monoisotopic (exact) mass is 568 g/mol. The second-order valence-corrected chi connectivity index (χ2v) is 9.65. The third kappa shape index (κ3) is 5.15. The Balaban J connectivity index is 1.40. The molecule has 1 aromatic carbocycles. The van der Waals surface area contributed by atoms with E-state index in [2.05, 4.69) is 41.5 Å². The number of carbonyl (C=O) groups excluding carboxylic acids is 1. The van der Waals surface area contributed by atoms with Gasteiger partial charge in [0.15, 0.2) is 11.5 Å². The van der Waals surface area contributed by atoms with Crippen LogP contribution in [0.25, 0.3) is 22.3 Å². The lowest BCUT2D eigenvalue weighted by molar-refractivity contribution is -0.116. The number of aryl methyl sites for hydroxylation is 3. The number of pyridine rings is 1. The lowest BCUT2D eigenvalue weighted by atomic mass is 10.1. The van der Waals surface area contributed by atoms with Gasteiger partial charge in [-0.2, -0.15) is 15.3 Å². The summed E-state index contributed by atoms with van der Waals surface area (Å²) in [4.78, 5) is 17.5. The van der Waals surface area contributed by atoms with E-state index in [1.54, 1.807) is 41.9 Å². The second-order valence-electron chi connectivity index (χ2n) is 8.80. The van der Waals surface area contributed by atoms with E-state index >= 15 is 0 Å². The fourth-order valence-electron chi connectivity index (χ4n) is 4.12. The first-order chi connectivity index (χ1) is 17.7. The van der Waals surface area contributed by atoms with E-state index in [0.29, 0.717) is 33.8 Å². The van der Waals surface area contributed by atoms with Crippen molar-refractivity contribution in [3.05, 3.63) is 75.8 Å². The van der Waals surface area contributed by atoms with Crippen LogP contribution in [0.3, 0.4) is 0 Å². The molecule has 0 bridgehead atoms. The molecule has 37 heavy (non-hydrogen) atoms. The molecular formula is C25H23BrF2N8O. The fraction of sp³-hybridized carbons (Fsp3) is 0.240. The molecule has 4 heterocycles. The van der Waals surface area contributed by atoms with Crippen LogP contribution in [0.5, 0.6) is 0 Å². The lowest BCUT2D eigenvalue weighted by Gasteiger charge is -2.08. The smallest absolute Gasteiger partial charge is 0.264 e. The summed E-state index contributed by atoms with van der Waals surface area (Å²) in [5, 5.41) is 15.9. The third-order valence-corrected chi connectivity index (χ3v) is 6.46. The van der Waals surface area contributed by atoms with Crippen molar-refractivity contribution in [2.75, 3.05) is 5.32 Å². The number of aromatic nitrogens is 7. The normalized spacial score (nSPS) is 11.5. The van der Waals surface area contributed by atoms with Gasteiger partial charge >= 0.3 is 0 Å². The van der Waals surface area contributed by atoms with Crippen LogP contribution in [0.1, 0.15) is 28.8 Å². The van der Waals surface area contributed by atoms with Crippen molar-refractivity contribution in [1.82, 2.24) is 34.3 Å². The van der Waals surface area contributed by atoms with E-state index in [1.807, 2.05) is 31.2 Å². The molecule has 0 atom stereocenters.